The van der Waals surface area contributed by atoms with Crippen LogP contribution in [0.15, 0.2) is 0 Å². The first-order valence-electron chi connectivity index (χ1n) is 4.83. The fourth-order valence-electron chi connectivity index (χ4n) is 1.24. The van der Waals surface area contributed by atoms with Gasteiger partial charge in [-0.15, -0.1) is 0 Å². The maximum Gasteiger partial charge on any atom is 0.408 e. The second-order valence-electron chi connectivity index (χ2n) is 4.47. The van der Waals surface area contributed by atoms with Gasteiger partial charge < -0.3 is 21.1 Å². The number of alkyl carbamates (subject to hydrolysis) is 1. The molecule has 2 atom stereocenters. The van der Waals surface area contributed by atoms with E-state index in [4.69, 9.17) is 10.5 Å². The fraction of sp³-hybridized carbons (Fsp3) is 0.778. The highest BCUT2D eigenvalue weighted by molar-refractivity contribution is 5.92. The van der Waals surface area contributed by atoms with Crippen molar-refractivity contribution in [1.29, 1.82) is 0 Å². The summed E-state index contributed by atoms with van der Waals surface area (Å²) in [6.45, 7) is 5.57. The van der Waals surface area contributed by atoms with E-state index in [1.54, 1.807) is 20.8 Å². The van der Waals surface area contributed by atoms with Gasteiger partial charge in [-0.1, -0.05) is 0 Å². The molecule has 0 bridgehead atoms. The summed E-state index contributed by atoms with van der Waals surface area (Å²) in [6.07, 6.45) is -0.596. The van der Waals surface area contributed by atoms with E-state index in [2.05, 4.69) is 10.6 Å². The van der Waals surface area contributed by atoms with Gasteiger partial charge in [-0.25, -0.2) is 4.79 Å². The van der Waals surface area contributed by atoms with E-state index in [9.17, 15) is 9.59 Å². The molecule has 0 aromatic carbocycles. The summed E-state index contributed by atoms with van der Waals surface area (Å²) < 4.78 is 5.01. The number of β-lactam (4-membered cyclic amide) rings is 1. The molecule has 1 fully saturated rings. The molecule has 0 unspecified atom stereocenters. The predicted molar refractivity (Wildman–Crippen MR) is 54.1 cm³/mol. The van der Waals surface area contributed by atoms with Crippen molar-refractivity contribution in [3.63, 3.8) is 0 Å². The van der Waals surface area contributed by atoms with E-state index in [0.717, 1.165) is 0 Å². The molecular formula is C9H17N3O3. The number of amides is 2. The average Bonchev–Trinajstić information content (AvgIpc) is 2.07. The number of hydrogen-bond donors (Lipinski definition) is 3. The van der Waals surface area contributed by atoms with Gasteiger partial charge in [0.25, 0.3) is 0 Å². The predicted octanol–water partition coefficient (Wildman–Crippen LogP) is -0.663. The highest BCUT2D eigenvalue weighted by Gasteiger charge is 2.40. The third kappa shape index (κ3) is 3.09. The summed E-state index contributed by atoms with van der Waals surface area (Å²) in [7, 11) is 0. The van der Waals surface area contributed by atoms with Gasteiger partial charge in [0.15, 0.2) is 0 Å². The molecule has 1 heterocycles. The maximum absolute atomic E-state index is 11.3. The normalized spacial score (nSPS) is 25.2. The molecule has 6 heteroatoms. The van der Waals surface area contributed by atoms with Gasteiger partial charge in [-0.2, -0.15) is 0 Å². The first-order valence-corrected chi connectivity index (χ1v) is 4.83. The van der Waals surface area contributed by atoms with Gasteiger partial charge in [-0.05, 0) is 20.8 Å². The first kappa shape index (κ1) is 11.8. The summed E-state index contributed by atoms with van der Waals surface area (Å²) >= 11 is 0. The molecule has 86 valence electrons. The largest absolute Gasteiger partial charge is 0.444 e. The summed E-state index contributed by atoms with van der Waals surface area (Å²) in [5.41, 5.74) is 4.82. The molecule has 15 heavy (non-hydrogen) atoms. The minimum Gasteiger partial charge on any atom is -0.444 e. The van der Waals surface area contributed by atoms with Crippen LogP contribution in [0.4, 0.5) is 4.79 Å². The number of rotatable bonds is 2. The topological polar surface area (TPSA) is 93.4 Å². The van der Waals surface area contributed by atoms with Crippen LogP contribution >= 0.6 is 0 Å². The van der Waals surface area contributed by atoms with Crippen LogP contribution in [0.5, 0.6) is 0 Å². The van der Waals surface area contributed by atoms with Gasteiger partial charge in [0.05, 0.1) is 6.04 Å². The lowest BCUT2D eigenvalue weighted by Gasteiger charge is -2.36. The van der Waals surface area contributed by atoms with Crippen molar-refractivity contribution in [3.8, 4) is 0 Å². The lowest BCUT2D eigenvalue weighted by atomic mass is 10.00. The summed E-state index contributed by atoms with van der Waals surface area (Å²) in [4.78, 5) is 22.4. The first-order chi connectivity index (χ1) is 6.83. The molecule has 1 saturated heterocycles. The van der Waals surface area contributed by atoms with E-state index in [1.807, 2.05) is 0 Å². The van der Waals surface area contributed by atoms with Gasteiger partial charge in [0.2, 0.25) is 5.91 Å². The lowest BCUT2D eigenvalue weighted by molar-refractivity contribution is -0.131. The highest BCUT2D eigenvalue weighted by Crippen LogP contribution is 2.09. The molecule has 0 spiro atoms. The standard InChI is InChI=1S/C9H17N3O3/c1-9(2,3)15-8(14)12-6-5(4-10)11-7(6)13/h5-6H,4,10H2,1-3H3,(H,11,13)(H,12,14)/t5-,6+/m1/s1. The lowest BCUT2D eigenvalue weighted by Crippen LogP contribution is -2.71. The monoisotopic (exact) mass is 215 g/mol. The zero-order valence-corrected chi connectivity index (χ0v) is 9.16. The van der Waals surface area contributed by atoms with Crippen molar-refractivity contribution in [3.05, 3.63) is 0 Å². The molecule has 0 radical (unpaired) electrons. The second-order valence-corrected chi connectivity index (χ2v) is 4.47. The zero-order valence-electron chi connectivity index (χ0n) is 9.16. The van der Waals surface area contributed by atoms with Crippen LogP contribution in [0.2, 0.25) is 0 Å². The molecule has 2 amide bonds. The van der Waals surface area contributed by atoms with Crippen LogP contribution in [0, 0.1) is 0 Å². The van der Waals surface area contributed by atoms with Crippen molar-refractivity contribution < 1.29 is 14.3 Å². The van der Waals surface area contributed by atoms with Crippen LogP contribution in [-0.4, -0.2) is 36.2 Å². The quantitative estimate of drug-likeness (QED) is 0.533. The molecule has 1 aliphatic rings. The van der Waals surface area contributed by atoms with E-state index in [0.29, 0.717) is 6.54 Å². The van der Waals surface area contributed by atoms with Crippen LogP contribution in [0.3, 0.4) is 0 Å². The summed E-state index contributed by atoms with van der Waals surface area (Å²) in [5, 5.41) is 5.05. The zero-order chi connectivity index (χ0) is 11.6. The van der Waals surface area contributed by atoms with E-state index in [1.165, 1.54) is 0 Å². The molecule has 1 rings (SSSR count). The van der Waals surface area contributed by atoms with Crippen molar-refractivity contribution in [1.82, 2.24) is 10.6 Å². The van der Waals surface area contributed by atoms with Crippen LogP contribution in [0.1, 0.15) is 20.8 Å². The van der Waals surface area contributed by atoms with Crippen molar-refractivity contribution in [2.45, 2.75) is 38.5 Å². The third-order valence-electron chi connectivity index (χ3n) is 1.94. The summed E-state index contributed by atoms with van der Waals surface area (Å²) in [5.74, 6) is -0.226. The molecule has 4 N–H and O–H groups in total. The van der Waals surface area contributed by atoms with Gasteiger partial charge in [-0.3, -0.25) is 4.79 Å². The Morgan fingerprint density at radius 2 is 2.20 bits per heavy atom. The molecule has 6 nitrogen and oxygen atoms in total. The molecule has 0 aromatic rings. The number of carbonyl (C=O) groups is 2. The van der Waals surface area contributed by atoms with E-state index < -0.39 is 17.7 Å². The Morgan fingerprint density at radius 3 is 2.60 bits per heavy atom. The number of ether oxygens (including phenoxy) is 1. The highest BCUT2D eigenvalue weighted by atomic mass is 16.6. The van der Waals surface area contributed by atoms with Crippen LogP contribution < -0.4 is 16.4 Å². The summed E-state index contributed by atoms with van der Waals surface area (Å²) in [6, 6.07) is -0.755. The Morgan fingerprint density at radius 1 is 1.60 bits per heavy atom. The molecule has 0 aliphatic carbocycles. The van der Waals surface area contributed by atoms with E-state index in [-0.39, 0.29) is 11.9 Å². The smallest absolute Gasteiger partial charge is 0.408 e. The third-order valence-corrected chi connectivity index (χ3v) is 1.94. The Labute approximate surface area is 88.5 Å². The van der Waals surface area contributed by atoms with Gasteiger partial charge in [0, 0.05) is 6.54 Å². The van der Waals surface area contributed by atoms with Crippen molar-refractivity contribution >= 4 is 12.0 Å². The van der Waals surface area contributed by atoms with E-state index >= 15 is 0 Å². The SMILES string of the molecule is CC(C)(C)OC(=O)N[C@@H]1C(=O)N[C@@H]1CN. The molecular weight excluding hydrogens is 198 g/mol. The molecule has 0 aromatic heterocycles. The Balaban J connectivity index is 2.41. The maximum atomic E-state index is 11.3. The minimum atomic E-state index is -0.596. The Bertz CT molecular complexity index is 272. The van der Waals surface area contributed by atoms with Crippen molar-refractivity contribution in [2.75, 3.05) is 6.54 Å². The number of nitrogens with one attached hydrogen (secondary N) is 2. The Hall–Kier alpha value is -1.30. The Kier molecular flexibility index (Phi) is 3.18. The fourth-order valence-corrected chi connectivity index (χ4v) is 1.24. The number of nitrogens with two attached hydrogens (primary N) is 1. The minimum absolute atomic E-state index is 0.190. The van der Waals surface area contributed by atoms with Crippen LogP contribution in [-0.2, 0) is 9.53 Å². The second kappa shape index (κ2) is 4.06. The molecule has 0 saturated carbocycles. The molecule has 1 aliphatic heterocycles. The van der Waals surface area contributed by atoms with Crippen molar-refractivity contribution in [2.24, 2.45) is 5.73 Å². The van der Waals surface area contributed by atoms with Gasteiger partial charge in [0.1, 0.15) is 11.6 Å². The number of carbonyl (C=O) groups excluding carboxylic acids is 2. The van der Waals surface area contributed by atoms with Crippen LogP contribution in [0.25, 0.3) is 0 Å². The van der Waals surface area contributed by atoms with Gasteiger partial charge >= 0.3 is 6.09 Å². The number of hydrogen-bond acceptors (Lipinski definition) is 4. The average molecular weight is 215 g/mol.